The van der Waals surface area contributed by atoms with Gasteiger partial charge in [-0.1, -0.05) is 46.8 Å². The molecule has 0 fully saturated rings. The number of carbonyl (C=O) groups excluding carboxylic acids is 1. The van der Waals surface area contributed by atoms with Crippen molar-refractivity contribution in [2.24, 2.45) is 10.5 Å². The zero-order valence-corrected chi connectivity index (χ0v) is 17.1. The summed E-state index contributed by atoms with van der Waals surface area (Å²) in [6, 6.07) is 11.5. The fraction of sp³-hybridized carbons (Fsp3) is 0.455. The highest BCUT2D eigenvalue weighted by Gasteiger charge is 2.27. The highest BCUT2D eigenvalue weighted by Crippen LogP contribution is 2.36. The first kappa shape index (κ1) is 20.7. The van der Waals surface area contributed by atoms with Crippen LogP contribution in [0.15, 0.2) is 52.2 Å². The van der Waals surface area contributed by atoms with E-state index in [4.69, 9.17) is 9.15 Å². The topological polar surface area (TPSA) is 63.8 Å². The SMILES string of the molecule is CC(=NNC(=O)COc1ccc(C(C)(C)CC(C)(C)C)cc1)c1ccco1. The van der Waals surface area contributed by atoms with Gasteiger partial charge in [0.25, 0.3) is 5.91 Å². The van der Waals surface area contributed by atoms with Gasteiger partial charge in [0.15, 0.2) is 6.61 Å². The monoisotopic (exact) mass is 370 g/mol. The molecular weight excluding hydrogens is 340 g/mol. The predicted molar refractivity (Wildman–Crippen MR) is 108 cm³/mol. The Morgan fingerprint density at radius 2 is 1.78 bits per heavy atom. The molecule has 0 radical (unpaired) electrons. The van der Waals surface area contributed by atoms with Gasteiger partial charge in [0, 0.05) is 0 Å². The van der Waals surface area contributed by atoms with Gasteiger partial charge in [0.2, 0.25) is 0 Å². The molecule has 0 bridgehead atoms. The molecule has 0 spiro atoms. The molecular formula is C22H30N2O3. The van der Waals surface area contributed by atoms with E-state index in [-0.39, 0.29) is 23.3 Å². The van der Waals surface area contributed by atoms with Gasteiger partial charge < -0.3 is 9.15 Å². The molecule has 1 heterocycles. The van der Waals surface area contributed by atoms with Gasteiger partial charge in [-0.25, -0.2) is 5.43 Å². The molecule has 0 saturated heterocycles. The van der Waals surface area contributed by atoms with Crippen molar-refractivity contribution in [3.05, 3.63) is 54.0 Å². The number of rotatable bonds is 7. The van der Waals surface area contributed by atoms with Crippen molar-refractivity contribution >= 4 is 11.6 Å². The normalized spacial score (nSPS) is 12.7. The quantitative estimate of drug-likeness (QED) is 0.556. The summed E-state index contributed by atoms with van der Waals surface area (Å²) < 4.78 is 10.8. The van der Waals surface area contributed by atoms with E-state index in [1.807, 2.05) is 12.1 Å². The summed E-state index contributed by atoms with van der Waals surface area (Å²) in [6.07, 6.45) is 2.64. The second kappa shape index (κ2) is 8.42. The third kappa shape index (κ3) is 6.59. The van der Waals surface area contributed by atoms with Gasteiger partial charge in [-0.05, 0) is 54.0 Å². The van der Waals surface area contributed by atoms with Crippen LogP contribution in [-0.4, -0.2) is 18.2 Å². The summed E-state index contributed by atoms with van der Waals surface area (Å²) in [5.41, 5.74) is 4.65. The van der Waals surface area contributed by atoms with Crippen molar-refractivity contribution in [3.8, 4) is 5.75 Å². The number of ether oxygens (including phenoxy) is 1. The maximum atomic E-state index is 11.9. The van der Waals surface area contributed by atoms with Crippen LogP contribution >= 0.6 is 0 Å². The minimum Gasteiger partial charge on any atom is -0.484 e. The molecule has 27 heavy (non-hydrogen) atoms. The molecule has 146 valence electrons. The summed E-state index contributed by atoms with van der Waals surface area (Å²) in [5.74, 6) is 0.954. The molecule has 1 aromatic carbocycles. The smallest absolute Gasteiger partial charge is 0.277 e. The molecule has 0 atom stereocenters. The van der Waals surface area contributed by atoms with E-state index in [9.17, 15) is 4.79 Å². The van der Waals surface area contributed by atoms with E-state index in [0.717, 1.165) is 6.42 Å². The number of furan rings is 1. The molecule has 2 aromatic rings. The second-order valence-electron chi connectivity index (χ2n) is 8.64. The lowest BCUT2D eigenvalue weighted by Crippen LogP contribution is -2.26. The number of hydrazone groups is 1. The molecule has 0 saturated carbocycles. The van der Waals surface area contributed by atoms with Crippen molar-refractivity contribution in [1.29, 1.82) is 0 Å². The van der Waals surface area contributed by atoms with Crippen LogP contribution in [0.5, 0.6) is 5.75 Å². The molecule has 1 aromatic heterocycles. The number of amides is 1. The van der Waals surface area contributed by atoms with Gasteiger partial charge in [-0.15, -0.1) is 0 Å². The third-order valence-electron chi connectivity index (χ3n) is 4.20. The number of benzene rings is 1. The van der Waals surface area contributed by atoms with Gasteiger partial charge in [-0.2, -0.15) is 5.10 Å². The Bertz CT molecular complexity index is 767. The van der Waals surface area contributed by atoms with Crippen molar-refractivity contribution in [3.63, 3.8) is 0 Å². The summed E-state index contributed by atoms with van der Waals surface area (Å²) in [7, 11) is 0. The second-order valence-corrected chi connectivity index (χ2v) is 8.64. The average Bonchev–Trinajstić information content (AvgIpc) is 3.11. The standard InChI is InChI=1S/C22H30N2O3/c1-16(19-8-7-13-26-19)23-24-20(25)14-27-18-11-9-17(10-12-18)22(5,6)15-21(2,3)4/h7-13H,14-15H2,1-6H3,(H,24,25). The van der Waals surface area contributed by atoms with Crippen LogP contribution in [-0.2, 0) is 10.2 Å². The van der Waals surface area contributed by atoms with E-state index in [1.165, 1.54) is 5.56 Å². The number of hydrogen-bond acceptors (Lipinski definition) is 4. The van der Waals surface area contributed by atoms with Gasteiger partial charge in [-0.3, -0.25) is 4.79 Å². The molecule has 1 N–H and O–H groups in total. The summed E-state index contributed by atoms with van der Waals surface area (Å²) >= 11 is 0. The highest BCUT2D eigenvalue weighted by atomic mass is 16.5. The third-order valence-corrected chi connectivity index (χ3v) is 4.20. The highest BCUT2D eigenvalue weighted by molar-refractivity contribution is 5.96. The Labute approximate surface area is 161 Å². The molecule has 2 rings (SSSR count). The molecule has 5 nitrogen and oxygen atoms in total. The van der Waals surface area contributed by atoms with E-state index >= 15 is 0 Å². The summed E-state index contributed by atoms with van der Waals surface area (Å²) in [5, 5.41) is 4.00. The maximum Gasteiger partial charge on any atom is 0.277 e. The van der Waals surface area contributed by atoms with Crippen LogP contribution in [0.25, 0.3) is 0 Å². The van der Waals surface area contributed by atoms with Crippen molar-refractivity contribution < 1.29 is 13.9 Å². The predicted octanol–water partition coefficient (Wildman–Crippen LogP) is 4.91. The van der Waals surface area contributed by atoms with Gasteiger partial charge in [0.1, 0.15) is 17.2 Å². The van der Waals surface area contributed by atoms with Crippen LogP contribution in [0.3, 0.4) is 0 Å². The number of hydrogen-bond donors (Lipinski definition) is 1. The van der Waals surface area contributed by atoms with Crippen molar-refractivity contribution in [2.45, 2.75) is 53.4 Å². The zero-order valence-electron chi connectivity index (χ0n) is 17.1. The first-order valence-corrected chi connectivity index (χ1v) is 9.17. The van der Waals surface area contributed by atoms with E-state index < -0.39 is 0 Å². The molecule has 0 aliphatic heterocycles. The van der Waals surface area contributed by atoms with Crippen LogP contribution in [0.1, 0.15) is 59.3 Å². The lowest BCUT2D eigenvalue weighted by Gasteiger charge is -2.33. The van der Waals surface area contributed by atoms with E-state index in [0.29, 0.717) is 17.2 Å². The Hall–Kier alpha value is -2.56. The summed E-state index contributed by atoms with van der Waals surface area (Å²) in [4.78, 5) is 11.9. The Morgan fingerprint density at radius 1 is 1.11 bits per heavy atom. The van der Waals surface area contributed by atoms with E-state index in [1.54, 1.807) is 25.3 Å². The first-order valence-electron chi connectivity index (χ1n) is 9.17. The van der Waals surface area contributed by atoms with Gasteiger partial charge in [0.05, 0.1) is 6.26 Å². The Balaban J connectivity index is 1.87. The minimum atomic E-state index is -0.321. The molecule has 0 unspecified atom stereocenters. The largest absolute Gasteiger partial charge is 0.484 e. The van der Waals surface area contributed by atoms with Crippen molar-refractivity contribution in [2.75, 3.05) is 6.61 Å². The van der Waals surface area contributed by atoms with Crippen LogP contribution in [0.2, 0.25) is 0 Å². The first-order chi connectivity index (χ1) is 12.6. The molecule has 5 heteroatoms. The maximum absolute atomic E-state index is 11.9. The van der Waals surface area contributed by atoms with E-state index in [2.05, 4.69) is 57.3 Å². The Morgan fingerprint density at radius 3 is 2.33 bits per heavy atom. The average molecular weight is 370 g/mol. The molecule has 0 aliphatic rings. The lowest BCUT2D eigenvalue weighted by atomic mass is 9.72. The van der Waals surface area contributed by atoms with Crippen LogP contribution < -0.4 is 10.2 Å². The molecule has 0 aliphatic carbocycles. The number of carbonyl (C=O) groups is 1. The number of nitrogens with one attached hydrogen (secondary N) is 1. The fourth-order valence-corrected chi connectivity index (χ4v) is 3.30. The van der Waals surface area contributed by atoms with Crippen molar-refractivity contribution in [1.82, 2.24) is 5.43 Å². The van der Waals surface area contributed by atoms with Crippen LogP contribution in [0, 0.1) is 5.41 Å². The van der Waals surface area contributed by atoms with Crippen LogP contribution in [0.4, 0.5) is 0 Å². The molecule has 1 amide bonds. The lowest BCUT2D eigenvalue weighted by molar-refractivity contribution is -0.123. The fourth-order valence-electron chi connectivity index (χ4n) is 3.30. The summed E-state index contributed by atoms with van der Waals surface area (Å²) in [6.45, 7) is 12.9. The zero-order chi connectivity index (χ0) is 20.1. The number of nitrogens with zero attached hydrogens (tertiary/aromatic N) is 1. The Kier molecular flexibility index (Phi) is 6.47. The minimum absolute atomic E-state index is 0.0756. The van der Waals surface area contributed by atoms with Gasteiger partial charge >= 0.3 is 0 Å².